The van der Waals surface area contributed by atoms with Crippen LogP contribution in [-0.2, 0) is 11.3 Å². The Kier molecular flexibility index (Phi) is 5.82. The van der Waals surface area contributed by atoms with E-state index in [4.69, 9.17) is 4.74 Å². The molecule has 1 atom stereocenters. The summed E-state index contributed by atoms with van der Waals surface area (Å²) in [5.41, 5.74) is 2.75. The van der Waals surface area contributed by atoms with Crippen molar-refractivity contribution in [1.82, 2.24) is 10.2 Å². The lowest BCUT2D eigenvalue weighted by Crippen LogP contribution is -2.42. The first-order chi connectivity index (χ1) is 9.15. The third kappa shape index (κ3) is 4.88. The lowest BCUT2D eigenvalue weighted by atomic mass is 10.1. The van der Waals surface area contributed by atoms with Gasteiger partial charge in [-0.3, -0.25) is 0 Å². The highest BCUT2D eigenvalue weighted by molar-refractivity contribution is 9.10. The summed E-state index contributed by atoms with van der Waals surface area (Å²) in [6.07, 6.45) is 1.14. The van der Waals surface area contributed by atoms with Gasteiger partial charge in [-0.2, -0.15) is 0 Å². The third-order valence-corrected chi connectivity index (χ3v) is 4.10. The van der Waals surface area contributed by atoms with E-state index in [0.717, 1.165) is 43.7 Å². The molecule has 0 radical (unpaired) electrons. The Labute approximate surface area is 124 Å². The first kappa shape index (κ1) is 15.0. The highest BCUT2D eigenvalue weighted by atomic mass is 79.9. The molecule has 1 heterocycles. The molecule has 106 valence electrons. The van der Waals surface area contributed by atoms with Gasteiger partial charge < -0.3 is 15.0 Å². The van der Waals surface area contributed by atoms with E-state index in [1.807, 2.05) is 0 Å². The molecule has 19 heavy (non-hydrogen) atoms. The Bertz CT molecular complexity index is 405. The van der Waals surface area contributed by atoms with Crippen LogP contribution in [0.4, 0.5) is 0 Å². The minimum Gasteiger partial charge on any atom is -0.379 e. The third-order valence-electron chi connectivity index (χ3n) is 3.61. The van der Waals surface area contributed by atoms with Gasteiger partial charge in [0, 0.05) is 23.6 Å². The topological polar surface area (TPSA) is 24.5 Å². The lowest BCUT2D eigenvalue weighted by molar-refractivity contribution is 0.0708. The van der Waals surface area contributed by atoms with Gasteiger partial charge in [-0.1, -0.05) is 22.0 Å². The molecule has 0 aliphatic carbocycles. The summed E-state index contributed by atoms with van der Waals surface area (Å²) in [6.45, 7) is 6.95. The van der Waals surface area contributed by atoms with Gasteiger partial charge in [0.1, 0.15) is 0 Å². The van der Waals surface area contributed by atoms with Gasteiger partial charge in [0.15, 0.2) is 0 Å². The van der Waals surface area contributed by atoms with Crippen molar-refractivity contribution in [3.63, 3.8) is 0 Å². The standard InChI is InChI=1S/C15H23BrN2O/c1-12-3-4-14(16)9-13(12)10-18(2)7-5-15-11-19-8-6-17-15/h3-4,9,15,17H,5-8,10-11H2,1-2H3. The van der Waals surface area contributed by atoms with Crippen LogP contribution in [-0.4, -0.2) is 44.3 Å². The van der Waals surface area contributed by atoms with Gasteiger partial charge >= 0.3 is 0 Å². The Morgan fingerprint density at radius 3 is 3.05 bits per heavy atom. The number of hydrogen-bond donors (Lipinski definition) is 1. The highest BCUT2D eigenvalue weighted by Crippen LogP contribution is 2.17. The molecule has 2 rings (SSSR count). The minimum atomic E-state index is 0.514. The fourth-order valence-corrected chi connectivity index (χ4v) is 2.77. The van der Waals surface area contributed by atoms with E-state index in [-0.39, 0.29) is 0 Å². The van der Waals surface area contributed by atoms with Crippen LogP contribution in [0.25, 0.3) is 0 Å². The molecule has 0 bridgehead atoms. The van der Waals surface area contributed by atoms with E-state index in [0.29, 0.717) is 6.04 Å². The van der Waals surface area contributed by atoms with Crippen molar-refractivity contribution >= 4 is 15.9 Å². The quantitative estimate of drug-likeness (QED) is 0.900. The number of halogens is 1. The first-order valence-corrected chi connectivity index (χ1v) is 7.69. The summed E-state index contributed by atoms with van der Waals surface area (Å²) < 4.78 is 6.64. The number of ether oxygens (including phenoxy) is 1. The van der Waals surface area contributed by atoms with Crippen LogP contribution >= 0.6 is 15.9 Å². The molecule has 3 nitrogen and oxygen atoms in total. The molecule has 1 N–H and O–H groups in total. The molecular formula is C15H23BrN2O. The van der Waals surface area contributed by atoms with Crippen LogP contribution in [0, 0.1) is 6.92 Å². The fraction of sp³-hybridized carbons (Fsp3) is 0.600. The molecular weight excluding hydrogens is 304 g/mol. The predicted octanol–water partition coefficient (Wildman–Crippen LogP) is 2.57. The van der Waals surface area contributed by atoms with Gasteiger partial charge in [0.05, 0.1) is 13.2 Å². The minimum absolute atomic E-state index is 0.514. The maximum absolute atomic E-state index is 5.48. The second-order valence-electron chi connectivity index (χ2n) is 5.32. The second kappa shape index (κ2) is 7.39. The average molecular weight is 327 g/mol. The number of hydrogen-bond acceptors (Lipinski definition) is 3. The molecule has 1 fully saturated rings. The van der Waals surface area contributed by atoms with E-state index < -0.39 is 0 Å². The molecule has 1 aliphatic heterocycles. The van der Waals surface area contributed by atoms with Gasteiger partial charge in [-0.05, 0) is 50.2 Å². The normalized spacial score (nSPS) is 19.9. The number of aryl methyl sites for hydroxylation is 1. The summed E-state index contributed by atoms with van der Waals surface area (Å²) in [5, 5.41) is 3.50. The zero-order valence-electron chi connectivity index (χ0n) is 11.8. The Balaban J connectivity index is 1.80. The summed E-state index contributed by atoms with van der Waals surface area (Å²) in [7, 11) is 2.18. The van der Waals surface area contributed by atoms with Gasteiger partial charge in [-0.25, -0.2) is 0 Å². The van der Waals surface area contributed by atoms with Crippen molar-refractivity contribution in [2.45, 2.75) is 25.9 Å². The summed E-state index contributed by atoms with van der Waals surface area (Å²) in [5.74, 6) is 0. The molecule has 1 aromatic carbocycles. The number of rotatable bonds is 5. The second-order valence-corrected chi connectivity index (χ2v) is 6.24. The Morgan fingerprint density at radius 2 is 2.32 bits per heavy atom. The van der Waals surface area contributed by atoms with Crippen molar-refractivity contribution in [3.8, 4) is 0 Å². The number of benzene rings is 1. The van der Waals surface area contributed by atoms with E-state index in [9.17, 15) is 0 Å². The Morgan fingerprint density at radius 1 is 1.47 bits per heavy atom. The fourth-order valence-electron chi connectivity index (χ4n) is 2.36. The van der Waals surface area contributed by atoms with Crippen LogP contribution < -0.4 is 5.32 Å². The number of morpholine rings is 1. The average Bonchev–Trinajstić information content (AvgIpc) is 2.42. The van der Waals surface area contributed by atoms with Crippen molar-refractivity contribution in [2.24, 2.45) is 0 Å². The number of nitrogens with zero attached hydrogens (tertiary/aromatic N) is 1. The van der Waals surface area contributed by atoms with Crippen molar-refractivity contribution in [3.05, 3.63) is 33.8 Å². The van der Waals surface area contributed by atoms with Gasteiger partial charge in [0.25, 0.3) is 0 Å². The predicted molar refractivity (Wildman–Crippen MR) is 82.4 cm³/mol. The zero-order valence-corrected chi connectivity index (χ0v) is 13.4. The molecule has 0 spiro atoms. The maximum Gasteiger partial charge on any atom is 0.0620 e. The van der Waals surface area contributed by atoms with Crippen LogP contribution in [0.15, 0.2) is 22.7 Å². The monoisotopic (exact) mass is 326 g/mol. The largest absolute Gasteiger partial charge is 0.379 e. The van der Waals surface area contributed by atoms with E-state index in [1.165, 1.54) is 11.1 Å². The smallest absolute Gasteiger partial charge is 0.0620 e. The highest BCUT2D eigenvalue weighted by Gasteiger charge is 2.13. The first-order valence-electron chi connectivity index (χ1n) is 6.90. The van der Waals surface area contributed by atoms with Crippen LogP contribution in [0.3, 0.4) is 0 Å². The van der Waals surface area contributed by atoms with Crippen LogP contribution in [0.2, 0.25) is 0 Å². The summed E-state index contributed by atoms with van der Waals surface area (Å²) >= 11 is 3.54. The van der Waals surface area contributed by atoms with Crippen molar-refractivity contribution in [2.75, 3.05) is 33.4 Å². The molecule has 1 unspecified atom stereocenters. The molecule has 1 aromatic rings. The van der Waals surface area contributed by atoms with Crippen LogP contribution in [0.5, 0.6) is 0 Å². The molecule has 1 aliphatic rings. The van der Waals surface area contributed by atoms with E-state index >= 15 is 0 Å². The van der Waals surface area contributed by atoms with E-state index in [1.54, 1.807) is 0 Å². The molecule has 4 heteroatoms. The Hall–Kier alpha value is -0.420. The molecule has 1 saturated heterocycles. The zero-order chi connectivity index (χ0) is 13.7. The number of nitrogens with one attached hydrogen (secondary N) is 1. The van der Waals surface area contributed by atoms with E-state index in [2.05, 4.69) is 58.3 Å². The van der Waals surface area contributed by atoms with Gasteiger partial charge in [0.2, 0.25) is 0 Å². The van der Waals surface area contributed by atoms with Gasteiger partial charge in [-0.15, -0.1) is 0 Å². The van der Waals surface area contributed by atoms with Crippen LogP contribution in [0.1, 0.15) is 17.5 Å². The van der Waals surface area contributed by atoms with Crippen molar-refractivity contribution < 1.29 is 4.74 Å². The summed E-state index contributed by atoms with van der Waals surface area (Å²) in [4.78, 5) is 2.38. The SMILES string of the molecule is Cc1ccc(Br)cc1CN(C)CCC1COCCN1. The molecule has 0 saturated carbocycles. The summed E-state index contributed by atoms with van der Waals surface area (Å²) in [6, 6.07) is 7.00. The lowest BCUT2D eigenvalue weighted by Gasteiger charge is -2.26. The molecule has 0 amide bonds. The molecule has 0 aromatic heterocycles. The van der Waals surface area contributed by atoms with Crippen molar-refractivity contribution in [1.29, 1.82) is 0 Å². The maximum atomic E-state index is 5.48.